The second-order valence-electron chi connectivity index (χ2n) is 3.74. The fraction of sp³-hybridized carbons (Fsp3) is 0.500. The van der Waals surface area contributed by atoms with Crippen LogP contribution in [0.5, 0.6) is 0 Å². The maximum absolute atomic E-state index is 11.3. The predicted octanol–water partition coefficient (Wildman–Crippen LogP) is 2.72. The topological polar surface area (TPSA) is 61.3 Å². The largest absolute Gasteiger partial charge is 0.427 e. The number of aromatic nitrogens is 2. The molecule has 0 radical (unpaired) electrons. The zero-order valence-electron chi connectivity index (χ0n) is 9.32. The van der Waals surface area contributed by atoms with E-state index in [1.165, 1.54) is 13.0 Å². The molecule has 1 aromatic rings. The minimum atomic E-state index is -1.23. The first-order chi connectivity index (χ1) is 8.45. The molecule has 8 heteroatoms. The first-order valence-electron chi connectivity index (χ1n) is 5.12. The van der Waals surface area contributed by atoms with Crippen molar-refractivity contribution < 1.29 is 14.3 Å². The van der Waals surface area contributed by atoms with Crippen molar-refractivity contribution in [3.63, 3.8) is 0 Å². The van der Waals surface area contributed by atoms with Crippen LogP contribution in [0.1, 0.15) is 18.9 Å². The molecule has 0 spiro atoms. The van der Waals surface area contributed by atoms with E-state index >= 15 is 0 Å². The van der Waals surface area contributed by atoms with Gasteiger partial charge in [-0.15, -0.1) is 10.2 Å². The van der Waals surface area contributed by atoms with Crippen LogP contribution in [0.25, 0.3) is 0 Å². The van der Waals surface area contributed by atoms with Crippen LogP contribution < -0.4 is 0 Å². The summed E-state index contributed by atoms with van der Waals surface area (Å²) in [6, 6.07) is 1.51. The lowest BCUT2D eigenvalue weighted by Crippen LogP contribution is -2.38. The highest BCUT2D eigenvalue weighted by molar-refractivity contribution is 14.1. The molecule has 0 bridgehead atoms. The minimum absolute atomic E-state index is 0.0724. The van der Waals surface area contributed by atoms with Gasteiger partial charge in [0, 0.05) is 6.92 Å². The van der Waals surface area contributed by atoms with Crippen LogP contribution in [-0.4, -0.2) is 26.7 Å². The van der Waals surface area contributed by atoms with Crippen molar-refractivity contribution in [1.82, 2.24) is 10.2 Å². The third-order valence-electron chi connectivity index (χ3n) is 2.49. The molecule has 98 valence electrons. The number of carbonyl (C=O) groups is 1. The average Bonchev–Trinajstić information content (AvgIpc) is 2.64. The first kappa shape index (κ1) is 14.2. The van der Waals surface area contributed by atoms with Crippen molar-refractivity contribution in [1.29, 1.82) is 0 Å². The number of hydrogen-bond donors (Lipinski definition) is 0. The molecular formula is C10H9Cl2IN2O3. The van der Waals surface area contributed by atoms with Gasteiger partial charge in [0.1, 0.15) is 0 Å². The van der Waals surface area contributed by atoms with E-state index < -0.39 is 11.8 Å². The molecule has 1 aliphatic rings. The monoisotopic (exact) mass is 402 g/mol. The van der Waals surface area contributed by atoms with E-state index in [1.54, 1.807) is 0 Å². The zero-order chi connectivity index (χ0) is 13.3. The summed E-state index contributed by atoms with van der Waals surface area (Å²) in [5.41, 5.74) is 0.427. The molecule has 5 nitrogen and oxygen atoms in total. The van der Waals surface area contributed by atoms with Gasteiger partial charge in [-0.25, -0.2) is 0 Å². The van der Waals surface area contributed by atoms with E-state index in [0.29, 0.717) is 12.2 Å². The van der Waals surface area contributed by atoms with Gasteiger partial charge in [0.15, 0.2) is 10.3 Å². The van der Waals surface area contributed by atoms with Gasteiger partial charge in [0.05, 0.1) is 16.1 Å². The Balaban J connectivity index is 2.52. The molecule has 2 rings (SSSR count). The Labute approximate surface area is 127 Å². The molecule has 0 saturated carbocycles. The normalized spacial score (nSPS) is 27.2. The van der Waals surface area contributed by atoms with Gasteiger partial charge in [0.2, 0.25) is 0 Å². The second kappa shape index (κ2) is 5.44. The molecule has 0 aliphatic carbocycles. The Morgan fingerprint density at radius 3 is 2.89 bits per heavy atom. The summed E-state index contributed by atoms with van der Waals surface area (Å²) in [5, 5.41) is 7.63. The van der Waals surface area contributed by atoms with Gasteiger partial charge in [0.25, 0.3) is 5.79 Å². The first-order valence-corrected chi connectivity index (χ1v) is 7.12. The molecule has 2 unspecified atom stereocenters. The number of nitrogens with zero attached hydrogens (tertiary/aromatic N) is 2. The summed E-state index contributed by atoms with van der Waals surface area (Å²) in [7, 11) is 0. The lowest BCUT2D eigenvalue weighted by molar-refractivity contribution is -0.214. The molecule has 1 aromatic heterocycles. The molecule has 18 heavy (non-hydrogen) atoms. The van der Waals surface area contributed by atoms with Crippen LogP contribution in [0, 0.1) is 0 Å². The Bertz CT molecular complexity index is 488. The fourth-order valence-corrected chi connectivity index (χ4v) is 3.07. The van der Waals surface area contributed by atoms with E-state index in [9.17, 15) is 4.79 Å². The smallest absolute Gasteiger partial charge is 0.305 e. The summed E-state index contributed by atoms with van der Waals surface area (Å²) < 4.78 is 10.9. The predicted molar refractivity (Wildman–Crippen MR) is 73.9 cm³/mol. The molecular weight excluding hydrogens is 394 g/mol. The summed E-state index contributed by atoms with van der Waals surface area (Å²) in [6.45, 7) is 1.79. The molecule has 0 N–H and O–H groups in total. The molecule has 0 aromatic carbocycles. The number of esters is 1. The van der Waals surface area contributed by atoms with E-state index in [-0.39, 0.29) is 14.2 Å². The number of halogens is 3. The van der Waals surface area contributed by atoms with Gasteiger partial charge >= 0.3 is 5.97 Å². The standard InChI is InChI=1S/C10H9Cl2IN2O3/c1-5(16)18-10(7(13)2-3-17-10)6-4-8(11)14-15-9(6)12/h4,7H,2-3H2,1H3. The van der Waals surface area contributed by atoms with Crippen molar-refractivity contribution in [2.45, 2.75) is 23.1 Å². The maximum atomic E-state index is 11.3. The Morgan fingerprint density at radius 1 is 1.61 bits per heavy atom. The minimum Gasteiger partial charge on any atom is -0.427 e. The highest BCUT2D eigenvalue weighted by Crippen LogP contribution is 2.44. The number of carbonyl (C=O) groups excluding carboxylic acids is 1. The van der Waals surface area contributed by atoms with Crippen LogP contribution in [0.3, 0.4) is 0 Å². The van der Waals surface area contributed by atoms with Crippen molar-refractivity contribution in [3.05, 3.63) is 21.9 Å². The summed E-state index contributed by atoms with van der Waals surface area (Å²) in [5.74, 6) is -1.69. The Morgan fingerprint density at radius 2 is 2.33 bits per heavy atom. The van der Waals surface area contributed by atoms with Crippen molar-refractivity contribution in [3.8, 4) is 0 Å². The SMILES string of the molecule is CC(=O)OC1(c2cc(Cl)nnc2Cl)OCCC1I. The number of hydrogen-bond acceptors (Lipinski definition) is 5. The Kier molecular flexibility index (Phi) is 4.30. The molecule has 2 heterocycles. The number of ether oxygens (including phenoxy) is 2. The number of alkyl halides is 1. The lowest BCUT2D eigenvalue weighted by Gasteiger charge is -2.31. The van der Waals surface area contributed by atoms with E-state index in [1.807, 2.05) is 0 Å². The molecule has 1 aliphatic heterocycles. The van der Waals surface area contributed by atoms with Crippen LogP contribution in [0.2, 0.25) is 10.3 Å². The number of rotatable bonds is 2. The van der Waals surface area contributed by atoms with E-state index in [0.717, 1.165) is 6.42 Å². The third-order valence-corrected chi connectivity index (χ3v) is 4.40. The molecule has 1 fully saturated rings. The van der Waals surface area contributed by atoms with Gasteiger partial charge in [-0.1, -0.05) is 45.8 Å². The van der Waals surface area contributed by atoms with Gasteiger partial charge in [-0.2, -0.15) is 0 Å². The summed E-state index contributed by atoms with van der Waals surface area (Å²) in [6.07, 6.45) is 0.740. The van der Waals surface area contributed by atoms with Gasteiger partial charge < -0.3 is 9.47 Å². The van der Waals surface area contributed by atoms with Gasteiger partial charge in [-0.3, -0.25) is 4.79 Å². The molecule has 0 amide bonds. The highest BCUT2D eigenvalue weighted by atomic mass is 127. The van der Waals surface area contributed by atoms with Crippen LogP contribution in [-0.2, 0) is 20.1 Å². The fourth-order valence-electron chi connectivity index (χ4n) is 1.80. The van der Waals surface area contributed by atoms with Crippen LogP contribution >= 0.6 is 45.8 Å². The third kappa shape index (κ3) is 2.56. The van der Waals surface area contributed by atoms with E-state index in [2.05, 4.69) is 32.8 Å². The molecule has 1 saturated heterocycles. The Hall–Kier alpha value is -0.180. The lowest BCUT2D eigenvalue weighted by atomic mass is 10.1. The van der Waals surface area contributed by atoms with Gasteiger partial charge in [-0.05, 0) is 12.5 Å². The zero-order valence-corrected chi connectivity index (χ0v) is 13.0. The van der Waals surface area contributed by atoms with Crippen molar-refractivity contribution in [2.75, 3.05) is 6.61 Å². The second-order valence-corrected chi connectivity index (χ2v) is 5.99. The van der Waals surface area contributed by atoms with Crippen molar-refractivity contribution in [2.24, 2.45) is 0 Å². The van der Waals surface area contributed by atoms with E-state index in [4.69, 9.17) is 32.7 Å². The summed E-state index contributed by atoms with van der Waals surface area (Å²) >= 11 is 14.0. The summed E-state index contributed by atoms with van der Waals surface area (Å²) in [4.78, 5) is 11.3. The van der Waals surface area contributed by atoms with Crippen LogP contribution in [0.15, 0.2) is 6.07 Å². The van der Waals surface area contributed by atoms with Crippen molar-refractivity contribution >= 4 is 51.8 Å². The quantitative estimate of drug-likeness (QED) is 0.432. The maximum Gasteiger partial charge on any atom is 0.305 e. The van der Waals surface area contributed by atoms with Crippen LogP contribution in [0.4, 0.5) is 0 Å². The average molecular weight is 403 g/mol. The molecule has 2 atom stereocenters. The highest BCUT2D eigenvalue weighted by Gasteiger charge is 2.50.